The molecule has 0 saturated carbocycles. The number of ether oxygens (including phenoxy) is 2. The van der Waals surface area contributed by atoms with Gasteiger partial charge >= 0.3 is 6.09 Å². The molecule has 1 fully saturated rings. The minimum atomic E-state index is -1.95. The molecule has 2 aromatic rings. The van der Waals surface area contributed by atoms with Crippen LogP contribution in [0.4, 0.5) is 4.79 Å². The van der Waals surface area contributed by atoms with Crippen molar-refractivity contribution in [2.75, 3.05) is 20.2 Å². The van der Waals surface area contributed by atoms with E-state index in [2.05, 4.69) is 51.3 Å². The Bertz CT molecular complexity index is 1250. The van der Waals surface area contributed by atoms with E-state index in [9.17, 15) is 9.59 Å². The molecule has 1 aliphatic rings. The van der Waals surface area contributed by atoms with Gasteiger partial charge in [0.15, 0.2) is 8.32 Å². The van der Waals surface area contributed by atoms with E-state index in [-0.39, 0.29) is 10.9 Å². The fourth-order valence-electron chi connectivity index (χ4n) is 4.70. The molecule has 0 radical (unpaired) electrons. The number of hydrogen-bond donors (Lipinski definition) is 1. The van der Waals surface area contributed by atoms with Gasteiger partial charge in [0.25, 0.3) is 0 Å². The van der Waals surface area contributed by atoms with Gasteiger partial charge < -0.3 is 24.1 Å². The average molecular weight is 595 g/mol. The molecule has 8 heteroatoms. The normalized spacial score (nSPS) is 15.1. The van der Waals surface area contributed by atoms with Crippen LogP contribution in [0.25, 0.3) is 6.08 Å². The Balaban J connectivity index is 1.60. The molecule has 1 saturated heterocycles. The van der Waals surface area contributed by atoms with Crippen molar-refractivity contribution >= 4 is 26.4 Å². The van der Waals surface area contributed by atoms with Crippen LogP contribution in [-0.4, -0.2) is 51.0 Å². The first-order valence-electron chi connectivity index (χ1n) is 14.9. The van der Waals surface area contributed by atoms with Crippen molar-refractivity contribution < 1.29 is 23.5 Å². The summed E-state index contributed by atoms with van der Waals surface area (Å²) in [4.78, 5) is 27.1. The molecule has 3 rings (SSSR count). The van der Waals surface area contributed by atoms with E-state index in [4.69, 9.17) is 13.9 Å². The zero-order valence-electron chi connectivity index (χ0n) is 27.0. The van der Waals surface area contributed by atoms with E-state index in [1.54, 1.807) is 13.2 Å². The van der Waals surface area contributed by atoms with Gasteiger partial charge in [-0.2, -0.15) is 0 Å². The van der Waals surface area contributed by atoms with E-state index >= 15 is 0 Å². The Labute approximate surface area is 253 Å². The zero-order chi connectivity index (χ0) is 31.1. The monoisotopic (exact) mass is 594 g/mol. The van der Waals surface area contributed by atoms with Crippen molar-refractivity contribution in [2.45, 2.75) is 97.2 Å². The van der Waals surface area contributed by atoms with Gasteiger partial charge in [0.1, 0.15) is 11.4 Å². The molecule has 1 heterocycles. The number of nitrogens with zero attached hydrogens (tertiary/aromatic N) is 1. The van der Waals surface area contributed by atoms with E-state index in [0.717, 1.165) is 35.3 Å². The first-order chi connectivity index (χ1) is 19.6. The molecule has 42 heavy (non-hydrogen) atoms. The fraction of sp³-hybridized carbons (Fsp3) is 0.529. The first kappa shape index (κ1) is 33.4. The highest BCUT2D eigenvalue weighted by atomic mass is 28.4. The molecule has 0 aromatic heterocycles. The maximum Gasteiger partial charge on any atom is 0.407 e. The molecular formula is C34H50N2O5Si. The summed E-state index contributed by atoms with van der Waals surface area (Å²) >= 11 is 0. The van der Waals surface area contributed by atoms with E-state index in [1.165, 1.54) is 5.56 Å². The van der Waals surface area contributed by atoms with Gasteiger partial charge in [-0.1, -0.05) is 57.2 Å². The van der Waals surface area contributed by atoms with Crippen molar-refractivity contribution in [3.8, 4) is 5.75 Å². The molecule has 1 aliphatic heterocycles. The number of benzene rings is 2. The molecule has 0 spiro atoms. The molecule has 230 valence electrons. The van der Waals surface area contributed by atoms with E-state index in [1.807, 2.05) is 62.1 Å². The van der Waals surface area contributed by atoms with Crippen LogP contribution in [0.3, 0.4) is 0 Å². The van der Waals surface area contributed by atoms with Gasteiger partial charge in [-0.15, -0.1) is 0 Å². The molecule has 1 N–H and O–H groups in total. The van der Waals surface area contributed by atoms with Gasteiger partial charge in [-0.25, -0.2) is 4.79 Å². The molecule has 0 bridgehead atoms. The van der Waals surface area contributed by atoms with Gasteiger partial charge in [0.2, 0.25) is 5.91 Å². The summed E-state index contributed by atoms with van der Waals surface area (Å²) in [7, 11) is -0.286. The van der Waals surface area contributed by atoms with Crippen molar-refractivity contribution in [2.24, 2.45) is 0 Å². The van der Waals surface area contributed by atoms with E-state index in [0.29, 0.717) is 32.2 Å². The van der Waals surface area contributed by atoms with Gasteiger partial charge in [0.05, 0.1) is 13.7 Å². The third-order valence-electron chi connectivity index (χ3n) is 8.24. The van der Waals surface area contributed by atoms with Crippen LogP contribution in [0, 0.1) is 0 Å². The quantitative estimate of drug-likeness (QED) is 0.238. The molecular weight excluding hydrogens is 544 g/mol. The maximum atomic E-state index is 13.2. The summed E-state index contributed by atoms with van der Waals surface area (Å²) in [5, 5.41) is 2.93. The lowest BCUT2D eigenvalue weighted by atomic mass is 9.88. The van der Waals surface area contributed by atoms with Crippen LogP contribution >= 0.6 is 0 Å². The predicted octanol–water partition coefficient (Wildman–Crippen LogP) is 7.66. The van der Waals surface area contributed by atoms with Crippen molar-refractivity contribution in [3.05, 3.63) is 70.8 Å². The lowest BCUT2D eigenvalue weighted by Crippen LogP contribution is -2.40. The Morgan fingerprint density at radius 1 is 1.02 bits per heavy atom. The summed E-state index contributed by atoms with van der Waals surface area (Å²) < 4.78 is 17.5. The van der Waals surface area contributed by atoms with Gasteiger partial charge in [-0.3, -0.25) is 4.79 Å². The van der Waals surface area contributed by atoms with Crippen molar-refractivity contribution in [1.29, 1.82) is 0 Å². The summed E-state index contributed by atoms with van der Waals surface area (Å²) in [6.07, 6.45) is 4.94. The Morgan fingerprint density at radius 2 is 1.69 bits per heavy atom. The number of methoxy groups -OCH3 is 1. The lowest BCUT2D eigenvalue weighted by molar-refractivity contribution is -0.126. The highest BCUT2D eigenvalue weighted by Gasteiger charge is 2.37. The SMILES string of the molecule is COc1cccc(/C=C/C(=O)N2CCC(c3cccc(CNC(=O)OC(C)(C)C)c3)CC2)c1CO[Si](C)(C)C(C)(C)C. The number of carbonyl (C=O) groups is 2. The zero-order valence-corrected chi connectivity index (χ0v) is 28.0. The number of likely N-dealkylation sites (tertiary alicyclic amines) is 1. The molecule has 7 nitrogen and oxygen atoms in total. The number of piperidine rings is 1. The lowest BCUT2D eigenvalue weighted by Gasteiger charge is -2.36. The Kier molecular flexibility index (Phi) is 11.1. The average Bonchev–Trinajstić information content (AvgIpc) is 2.92. The number of carbonyl (C=O) groups excluding carboxylic acids is 2. The largest absolute Gasteiger partial charge is 0.496 e. The van der Waals surface area contributed by atoms with Crippen LogP contribution in [0.2, 0.25) is 18.1 Å². The van der Waals surface area contributed by atoms with Gasteiger partial charge in [-0.05, 0) is 86.5 Å². The standard InChI is InChI=1S/C34H50N2O5Si/c1-33(2,3)41-32(38)35-23-25-12-10-14-28(22-25)26-18-20-36(21-19-26)31(37)17-16-27-13-11-15-30(39-7)29(27)24-40-42(8,9)34(4,5)6/h10-17,22,26H,18-21,23-24H2,1-9H3,(H,35,38)/b17-16+. The number of alkyl carbamates (subject to hydrolysis) is 1. The second kappa shape index (κ2) is 13.9. The maximum absolute atomic E-state index is 13.2. The second-order valence-corrected chi connectivity index (χ2v) is 18.4. The third kappa shape index (κ3) is 9.46. The number of nitrogens with one attached hydrogen (secondary N) is 1. The van der Waals surface area contributed by atoms with Gasteiger partial charge in [0, 0.05) is 31.3 Å². The molecule has 2 amide bonds. The minimum Gasteiger partial charge on any atom is -0.496 e. The molecule has 0 unspecified atom stereocenters. The summed E-state index contributed by atoms with van der Waals surface area (Å²) in [5.74, 6) is 1.16. The van der Waals surface area contributed by atoms with Crippen molar-refractivity contribution in [1.82, 2.24) is 10.2 Å². The number of rotatable bonds is 9. The number of amides is 2. The van der Waals surface area contributed by atoms with Crippen LogP contribution in [0.1, 0.15) is 82.6 Å². The molecule has 2 aromatic carbocycles. The second-order valence-electron chi connectivity index (χ2n) is 13.6. The minimum absolute atomic E-state index is 0.0165. The van der Waals surface area contributed by atoms with Crippen LogP contribution in [0.5, 0.6) is 5.75 Å². The van der Waals surface area contributed by atoms with E-state index < -0.39 is 20.0 Å². The first-order valence-corrected chi connectivity index (χ1v) is 17.8. The Morgan fingerprint density at radius 3 is 2.31 bits per heavy atom. The molecule has 0 aliphatic carbocycles. The third-order valence-corrected chi connectivity index (χ3v) is 12.7. The topological polar surface area (TPSA) is 77.1 Å². The highest BCUT2D eigenvalue weighted by Crippen LogP contribution is 2.38. The van der Waals surface area contributed by atoms with Crippen LogP contribution < -0.4 is 10.1 Å². The summed E-state index contributed by atoms with van der Waals surface area (Å²) in [6, 6.07) is 14.2. The highest BCUT2D eigenvalue weighted by molar-refractivity contribution is 6.74. The Hall–Kier alpha value is -3.10. The fourth-order valence-corrected chi connectivity index (χ4v) is 5.64. The van der Waals surface area contributed by atoms with Crippen molar-refractivity contribution in [3.63, 3.8) is 0 Å². The predicted molar refractivity (Wildman–Crippen MR) is 172 cm³/mol. The number of hydrogen-bond acceptors (Lipinski definition) is 5. The van der Waals surface area contributed by atoms with Crippen LogP contribution in [-0.2, 0) is 27.1 Å². The smallest absolute Gasteiger partial charge is 0.407 e. The summed E-state index contributed by atoms with van der Waals surface area (Å²) in [6.45, 7) is 19.0. The summed E-state index contributed by atoms with van der Waals surface area (Å²) in [5.41, 5.74) is 3.65. The van der Waals surface area contributed by atoms with Crippen LogP contribution in [0.15, 0.2) is 48.5 Å². The molecule has 0 atom stereocenters.